The van der Waals surface area contributed by atoms with Gasteiger partial charge in [0.05, 0.1) is 24.0 Å². The highest BCUT2D eigenvalue weighted by atomic mass is 32.2. The van der Waals surface area contributed by atoms with E-state index in [2.05, 4.69) is 0 Å². The third-order valence-electron chi connectivity index (χ3n) is 3.91. The van der Waals surface area contributed by atoms with Crippen LogP contribution in [0.5, 0.6) is 0 Å². The van der Waals surface area contributed by atoms with Crippen molar-refractivity contribution in [3.8, 4) is 0 Å². The lowest BCUT2D eigenvalue weighted by atomic mass is 9.98. The van der Waals surface area contributed by atoms with Gasteiger partial charge in [-0.25, -0.2) is 8.51 Å². The summed E-state index contributed by atoms with van der Waals surface area (Å²) < 4.78 is 25.6. The first kappa shape index (κ1) is 17.8. The van der Waals surface area contributed by atoms with Gasteiger partial charge in [0.15, 0.2) is 6.29 Å². The largest absolute Gasteiger partial charge is 0.353 e. The molecule has 1 saturated heterocycles. The number of ether oxygens (including phenoxy) is 2. The Morgan fingerprint density at radius 1 is 1.32 bits per heavy atom. The second-order valence-corrected chi connectivity index (χ2v) is 8.92. The summed E-state index contributed by atoms with van der Waals surface area (Å²) in [5.74, 6) is 0. The fourth-order valence-electron chi connectivity index (χ4n) is 2.80. The van der Waals surface area contributed by atoms with Gasteiger partial charge in [-0.2, -0.15) is 0 Å². The van der Waals surface area contributed by atoms with E-state index in [4.69, 9.17) is 9.47 Å². The predicted molar refractivity (Wildman–Crippen MR) is 86.7 cm³/mol. The zero-order valence-corrected chi connectivity index (χ0v) is 14.6. The maximum absolute atomic E-state index is 12.8. The smallest absolute Gasteiger partial charge is 0.157 e. The van der Waals surface area contributed by atoms with Crippen molar-refractivity contribution in [3.63, 3.8) is 0 Å². The number of rotatable bonds is 5. The molecule has 2 aliphatic rings. The second-order valence-electron chi connectivity index (χ2n) is 6.73. The molecule has 0 amide bonds. The second kappa shape index (κ2) is 7.81. The number of nitrogens with zero attached hydrogens (tertiary/aromatic N) is 1. The lowest BCUT2D eigenvalue weighted by Crippen LogP contribution is -2.47. The monoisotopic (exact) mass is 329 g/mol. The topological polar surface area (TPSA) is 55.8 Å². The molecule has 0 N–H and O–H groups in total. The lowest BCUT2D eigenvalue weighted by Gasteiger charge is -2.38. The summed E-state index contributed by atoms with van der Waals surface area (Å²) in [6.07, 6.45) is 5.80. The van der Waals surface area contributed by atoms with Gasteiger partial charge < -0.3 is 9.47 Å². The Kier molecular flexibility index (Phi) is 6.32. The van der Waals surface area contributed by atoms with Crippen molar-refractivity contribution >= 4 is 17.3 Å². The van der Waals surface area contributed by atoms with Crippen LogP contribution < -0.4 is 0 Å². The molecule has 0 aliphatic carbocycles. The van der Waals surface area contributed by atoms with Gasteiger partial charge in [-0.1, -0.05) is 6.08 Å². The van der Waals surface area contributed by atoms with Crippen molar-refractivity contribution in [2.24, 2.45) is 0 Å². The van der Waals surface area contributed by atoms with Crippen LogP contribution >= 0.6 is 0 Å². The fraction of sp³-hybridized carbons (Fsp3) is 0.812. The summed E-state index contributed by atoms with van der Waals surface area (Å²) in [4.78, 5) is 11.4. The van der Waals surface area contributed by atoms with Crippen molar-refractivity contribution in [2.75, 3.05) is 19.8 Å². The third-order valence-corrected chi connectivity index (χ3v) is 5.82. The van der Waals surface area contributed by atoms with Gasteiger partial charge in [0, 0.05) is 18.5 Å². The molecule has 2 atom stereocenters. The molecule has 0 bridgehead atoms. The molecule has 22 heavy (non-hydrogen) atoms. The standard InChI is InChI=1S/C16H27NO4S/c1-16(2,3)22(19)17-9-4-6-13(12-18)14(17)7-8-15-20-10-5-11-21-15/h6,12,14-15H,4-5,7-11H2,1-3H3/t14-,22-/m0/s1. The first-order valence-corrected chi connectivity index (χ1v) is 9.11. The maximum atomic E-state index is 12.8. The van der Waals surface area contributed by atoms with Crippen molar-refractivity contribution in [1.29, 1.82) is 0 Å². The van der Waals surface area contributed by atoms with E-state index < -0.39 is 11.0 Å². The van der Waals surface area contributed by atoms with Crippen LogP contribution in [0, 0.1) is 0 Å². The molecule has 0 aromatic rings. The molecular weight excluding hydrogens is 302 g/mol. The minimum Gasteiger partial charge on any atom is -0.353 e. The van der Waals surface area contributed by atoms with E-state index in [1.807, 2.05) is 31.2 Å². The van der Waals surface area contributed by atoms with E-state index >= 15 is 0 Å². The summed E-state index contributed by atoms with van der Waals surface area (Å²) in [5.41, 5.74) is 0.736. The zero-order chi connectivity index (χ0) is 16.2. The minimum atomic E-state index is -1.13. The van der Waals surface area contributed by atoms with Crippen LogP contribution in [-0.2, 0) is 25.3 Å². The molecule has 0 aromatic heterocycles. The fourth-order valence-corrected chi connectivity index (χ4v) is 4.23. The van der Waals surface area contributed by atoms with Gasteiger partial charge in [0.2, 0.25) is 0 Å². The molecule has 2 heterocycles. The van der Waals surface area contributed by atoms with Crippen LogP contribution in [0.2, 0.25) is 0 Å². The SMILES string of the molecule is CC(C)(C)[S@](=O)N1CCC=C(C=O)[C@@H]1CCC1OCCCO1. The number of hydrogen-bond acceptors (Lipinski definition) is 4. The molecular formula is C16H27NO4S. The Morgan fingerprint density at radius 2 is 2.00 bits per heavy atom. The molecule has 5 nitrogen and oxygen atoms in total. The average molecular weight is 329 g/mol. The molecule has 0 aromatic carbocycles. The van der Waals surface area contributed by atoms with Crippen LogP contribution in [0.25, 0.3) is 0 Å². The number of carbonyl (C=O) groups excluding carboxylic acids is 1. The van der Waals surface area contributed by atoms with Crippen LogP contribution in [0.4, 0.5) is 0 Å². The van der Waals surface area contributed by atoms with E-state index in [1.165, 1.54) is 0 Å². The highest BCUT2D eigenvalue weighted by Crippen LogP contribution is 2.28. The van der Waals surface area contributed by atoms with Gasteiger partial charge >= 0.3 is 0 Å². The average Bonchev–Trinajstić information content (AvgIpc) is 2.52. The summed E-state index contributed by atoms with van der Waals surface area (Å²) in [5, 5.41) is 0. The normalized spacial score (nSPS) is 26.5. The summed E-state index contributed by atoms with van der Waals surface area (Å²) in [7, 11) is -1.13. The van der Waals surface area contributed by atoms with Gasteiger partial charge in [0.1, 0.15) is 17.3 Å². The maximum Gasteiger partial charge on any atom is 0.157 e. The van der Waals surface area contributed by atoms with E-state index in [1.54, 1.807) is 0 Å². The van der Waals surface area contributed by atoms with Gasteiger partial charge in [-0.05, 0) is 40.0 Å². The Bertz CT molecular complexity index is 438. The van der Waals surface area contributed by atoms with E-state index in [0.717, 1.165) is 50.9 Å². The molecule has 6 heteroatoms. The first-order chi connectivity index (χ1) is 10.4. The van der Waals surface area contributed by atoms with Crippen molar-refractivity contribution in [3.05, 3.63) is 11.6 Å². The molecule has 126 valence electrons. The lowest BCUT2D eigenvalue weighted by molar-refractivity contribution is -0.182. The quantitative estimate of drug-likeness (QED) is 0.726. The van der Waals surface area contributed by atoms with Crippen LogP contribution in [0.15, 0.2) is 11.6 Å². The number of carbonyl (C=O) groups is 1. The molecule has 0 unspecified atom stereocenters. The van der Waals surface area contributed by atoms with Gasteiger partial charge in [-0.15, -0.1) is 0 Å². The molecule has 0 radical (unpaired) electrons. The van der Waals surface area contributed by atoms with E-state index in [-0.39, 0.29) is 17.1 Å². The van der Waals surface area contributed by atoms with Crippen molar-refractivity contribution < 1.29 is 18.5 Å². The Balaban J connectivity index is 2.06. The zero-order valence-electron chi connectivity index (χ0n) is 13.7. The van der Waals surface area contributed by atoms with Crippen molar-refractivity contribution in [1.82, 2.24) is 4.31 Å². The first-order valence-electron chi connectivity index (χ1n) is 8.00. The minimum absolute atomic E-state index is 0.111. The van der Waals surface area contributed by atoms with Crippen LogP contribution in [0.1, 0.15) is 46.5 Å². The van der Waals surface area contributed by atoms with Crippen molar-refractivity contribution in [2.45, 2.75) is 63.5 Å². The molecule has 1 fully saturated rings. The molecule has 2 aliphatic heterocycles. The van der Waals surface area contributed by atoms with E-state index in [9.17, 15) is 9.00 Å². The van der Waals surface area contributed by atoms with Crippen LogP contribution in [-0.4, -0.2) is 51.6 Å². The summed E-state index contributed by atoms with van der Waals surface area (Å²) in [6, 6.07) is -0.111. The highest BCUT2D eigenvalue weighted by Gasteiger charge is 2.35. The Hall–Kier alpha value is -0.560. The molecule has 0 spiro atoms. The predicted octanol–water partition coefficient (Wildman–Crippen LogP) is 2.19. The Labute approximate surface area is 135 Å². The van der Waals surface area contributed by atoms with E-state index in [0.29, 0.717) is 6.42 Å². The van der Waals surface area contributed by atoms with Gasteiger partial charge in [-0.3, -0.25) is 4.79 Å². The summed E-state index contributed by atoms with van der Waals surface area (Å²) in [6.45, 7) is 8.07. The molecule has 0 saturated carbocycles. The highest BCUT2D eigenvalue weighted by molar-refractivity contribution is 7.84. The summed E-state index contributed by atoms with van der Waals surface area (Å²) >= 11 is 0. The number of aldehydes is 1. The van der Waals surface area contributed by atoms with Crippen LogP contribution in [0.3, 0.4) is 0 Å². The van der Waals surface area contributed by atoms with Gasteiger partial charge in [0.25, 0.3) is 0 Å². The molecule has 2 rings (SSSR count). The Morgan fingerprint density at radius 3 is 2.59 bits per heavy atom. The number of hydrogen-bond donors (Lipinski definition) is 0. The third kappa shape index (κ3) is 4.47.